The van der Waals surface area contributed by atoms with Crippen LogP contribution in [0.2, 0.25) is 0 Å². The number of carbonyl (C=O) groups excluding carboxylic acids is 1. The van der Waals surface area contributed by atoms with Gasteiger partial charge in [-0.25, -0.2) is 9.78 Å². The molecule has 0 saturated heterocycles. The zero-order valence-electron chi connectivity index (χ0n) is 12.1. The van der Waals surface area contributed by atoms with Gasteiger partial charge in [0.05, 0.1) is 16.8 Å². The van der Waals surface area contributed by atoms with Crippen molar-refractivity contribution in [1.82, 2.24) is 15.2 Å². The standard InChI is InChI=1S/C13H23N3O2S/c1-5-11-10(3)19-12(15-11)6-7-14-13(18)16(4)8-9(2)17/h9,17H,5-8H2,1-4H3,(H,14,18). The van der Waals surface area contributed by atoms with E-state index in [0.717, 1.165) is 23.5 Å². The van der Waals surface area contributed by atoms with Crippen molar-refractivity contribution in [3.05, 3.63) is 15.6 Å². The summed E-state index contributed by atoms with van der Waals surface area (Å²) in [4.78, 5) is 19.0. The van der Waals surface area contributed by atoms with E-state index in [1.54, 1.807) is 25.3 Å². The molecule has 0 bridgehead atoms. The second-order valence-electron chi connectivity index (χ2n) is 4.68. The average Bonchev–Trinajstić information content (AvgIpc) is 2.68. The highest BCUT2D eigenvalue weighted by atomic mass is 32.1. The van der Waals surface area contributed by atoms with Crippen LogP contribution >= 0.6 is 11.3 Å². The minimum Gasteiger partial charge on any atom is -0.392 e. The Morgan fingerprint density at radius 3 is 2.79 bits per heavy atom. The molecule has 1 atom stereocenters. The summed E-state index contributed by atoms with van der Waals surface area (Å²) in [6, 6.07) is -0.162. The Morgan fingerprint density at radius 1 is 1.58 bits per heavy atom. The Labute approximate surface area is 118 Å². The first-order valence-corrected chi connectivity index (χ1v) is 7.37. The molecule has 0 saturated carbocycles. The number of aliphatic hydroxyl groups excluding tert-OH is 1. The normalized spacial score (nSPS) is 12.3. The van der Waals surface area contributed by atoms with Gasteiger partial charge in [-0.2, -0.15) is 0 Å². The fraction of sp³-hybridized carbons (Fsp3) is 0.692. The van der Waals surface area contributed by atoms with Gasteiger partial charge in [0, 0.05) is 31.4 Å². The van der Waals surface area contributed by atoms with Crippen LogP contribution in [0.1, 0.15) is 29.4 Å². The second kappa shape index (κ2) is 7.45. The van der Waals surface area contributed by atoms with Crippen molar-refractivity contribution in [2.75, 3.05) is 20.1 Å². The lowest BCUT2D eigenvalue weighted by Crippen LogP contribution is -2.41. The molecule has 1 aromatic heterocycles. The van der Waals surface area contributed by atoms with E-state index < -0.39 is 6.10 Å². The molecule has 6 heteroatoms. The number of thiazole rings is 1. The molecule has 0 aliphatic rings. The third kappa shape index (κ3) is 5.16. The van der Waals surface area contributed by atoms with Crippen LogP contribution in [0.3, 0.4) is 0 Å². The molecule has 1 rings (SSSR count). The number of aryl methyl sites for hydroxylation is 2. The molecule has 0 aliphatic carbocycles. The first kappa shape index (κ1) is 15.9. The topological polar surface area (TPSA) is 65.5 Å². The smallest absolute Gasteiger partial charge is 0.317 e. The van der Waals surface area contributed by atoms with Crippen LogP contribution in [-0.2, 0) is 12.8 Å². The molecule has 2 amide bonds. The lowest BCUT2D eigenvalue weighted by molar-refractivity contribution is 0.144. The Morgan fingerprint density at radius 2 is 2.26 bits per heavy atom. The van der Waals surface area contributed by atoms with Gasteiger partial charge in [0.1, 0.15) is 0 Å². The van der Waals surface area contributed by atoms with Crippen molar-refractivity contribution < 1.29 is 9.90 Å². The minimum atomic E-state index is -0.510. The Kier molecular flexibility index (Phi) is 6.24. The quantitative estimate of drug-likeness (QED) is 0.834. The van der Waals surface area contributed by atoms with Gasteiger partial charge < -0.3 is 15.3 Å². The summed E-state index contributed by atoms with van der Waals surface area (Å²) < 4.78 is 0. The third-order valence-electron chi connectivity index (χ3n) is 2.77. The largest absolute Gasteiger partial charge is 0.392 e. The van der Waals surface area contributed by atoms with E-state index in [0.29, 0.717) is 13.1 Å². The lowest BCUT2D eigenvalue weighted by atomic mass is 10.3. The summed E-state index contributed by atoms with van der Waals surface area (Å²) in [6.07, 6.45) is 1.19. The molecule has 1 aromatic rings. The molecule has 1 unspecified atom stereocenters. The average molecular weight is 285 g/mol. The van der Waals surface area contributed by atoms with E-state index in [1.165, 1.54) is 9.78 Å². The monoisotopic (exact) mass is 285 g/mol. The predicted octanol–water partition coefficient (Wildman–Crippen LogP) is 1.58. The van der Waals surface area contributed by atoms with E-state index in [2.05, 4.69) is 24.1 Å². The Bertz CT molecular complexity index is 418. The van der Waals surface area contributed by atoms with Gasteiger partial charge in [-0.3, -0.25) is 0 Å². The Hall–Kier alpha value is -1.14. The highest BCUT2D eigenvalue weighted by Crippen LogP contribution is 2.17. The number of hydrogen-bond acceptors (Lipinski definition) is 4. The van der Waals surface area contributed by atoms with Crippen molar-refractivity contribution in [1.29, 1.82) is 0 Å². The highest BCUT2D eigenvalue weighted by Gasteiger charge is 2.11. The molecule has 5 nitrogen and oxygen atoms in total. The van der Waals surface area contributed by atoms with E-state index in [4.69, 9.17) is 0 Å². The number of carbonyl (C=O) groups is 1. The fourth-order valence-corrected chi connectivity index (χ4v) is 2.83. The van der Waals surface area contributed by atoms with E-state index >= 15 is 0 Å². The summed E-state index contributed by atoms with van der Waals surface area (Å²) in [5.74, 6) is 0. The van der Waals surface area contributed by atoms with Gasteiger partial charge in [0.15, 0.2) is 0 Å². The van der Waals surface area contributed by atoms with E-state index in [-0.39, 0.29) is 6.03 Å². The van der Waals surface area contributed by atoms with Gasteiger partial charge in [0.25, 0.3) is 0 Å². The number of rotatable bonds is 6. The summed E-state index contributed by atoms with van der Waals surface area (Å²) in [5, 5.41) is 13.1. The SMILES string of the molecule is CCc1nc(CCNC(=O)N(C)CC(C)O)sc1C. The maximum absolute atomic E-state index is 11.7. The van der Waals surface area contributed by atoms with Gasteiger partial charge in [-0.15, -0.1) is 11.3 Å². The number of aliphatic hydroxyl groups is 1. The van der Waals surface area contributed by atoms with Crippen molar-refractivity contribution in [3.8, 4) is 0 Å². The number of nitrogens with one attached hydrogen (secondary N) is 1. The summed E-state index contributed by atoms with van der Waals surface area (Å²) in [6.45, 7) is 6.74. The van der Waals surface area contributed by atoms with Crippen LogP contribution in [0.5, 0.6) is 0 Å². The van der Waals surface area contributed by atoms with Crippen LogP contribution < -0.4 is 5.32 Å². The lowest BCUT2D eigenvalue weighted by Gasteiger charge is -2.19. The molecule has 0 aliphatic heterocycles. The van der Waals surface area contributed by atoms with Crippen LogP contribution in [0.15, 0.2) is 0 Å². The number of aromatic nitrogens is 1. The molecule has 0 fully saturated rings. The number of likely N-dealkylation sites (N-methyl/N-ethyl adjacent to an activating group) is 1. The van der Waals surface area contributed by atoms with Gasteiger partial charge in [-0.05, 0) is 20.3 Å². The van der Waals surface area contributed by atoms with Crippen LogP contribution in [0, 0.1) is 6.92 Å². The van der Waals surface area contributed by atoms with Crippen molar-refractivity contribution in [2.45, 2.75) is 39.7 Å². The van der Waals surface area contributed by atoms with Crippen LogP contribution in [-0.4, -0.2) is 47.3 Å². The van der Waals surface area contributed by atoms with Crippen molar-refractivity contribution in [2.24, 2.45) is 0 Å². The van der Waals surface area contributed by atoms with E-state index in [1.807, 2.05) is 0 Å². The molecule has 108 valence electrons. The zero-order valence-corrected chi connectivity index (χ0v) is 12.9. The van der Waals surface area contributed by atoms with Crippen LogP contribution in [0.4, 0.5) is 4.79 Å². The molecule has 19 heavy (non-hydrogen) atoms. The van der Waals surface area contributed by atoms with Crippen molar-refractivity contribution >= 4 is 17.4 Å². The Balaban J connectivity index is 2.35. The third-order valence-corrected chi connectivity index (χ3v) is 3.84. The molecular weight excluding hydrogens is 262 g/mol. The number of nitrogens with zero attached hydrogens (tertiary/aromatic N) is 2. The first-order valence-electron chi connectivity index (χ1n) is 6.56. The van der Waals surface area contributed by atoms with Gasteiger partial charge >= 0.3 is 6.03 Å². The van der Waals surface area contributed by atoms with E-state index in [9.17, 15) is 9.90 Å². The van der Waals surface area contributed by atoms with Gasteiger partial charge in [-0.1, -0.05) is 6.92 Å². The van der Waals surface area contributed by atoms with Crippen molar-refractivity contribution in [3.63, 3.8) is 0 Å². The summed E-state index contributed by atoms with van der Waals surface area (Å²) in [5.41, 5.74) is 1.15. The van der Waals surface area contributed by atoms with Gasteiger partial charge in [0.2, 0.25) is 0 Å². The predicted molar refractivity (Wildman–Crippen MR) is 77.6 cm³/mol. The fourth-order valence-electron chi connectivity index (χ4n) is 1.81. The molecule has 0 aromatic carbocycles. The highest BCUT2D eigenvalue weighted by molar-refractivity contribution is 7.11. The molecule has 0 spiro atoms. The molecule has 0 radical (unpaired) electrons. The number of urea groups is 1. The molecule has 1 heterocycles. The number of hydrogen-bond donors (Lipinski definition) is 2. The number of amides is 2. The molecule has 2 N–H and O–H groups in total. The maximum Gasteiger partial charge on any atom is 0.317 e. The second-order valence-corrected chi connectivity index (χ2v) is 5.96. The minimum absolute atomic E-state index is 0.162. The maximum atomic E-state index is 11.7. The van der Waals surface area contributed by atoms with Crippen LogP contribution in [0.25, 0.3) is 0 Å². The zero-order chi connectivity index (χ0) is 14.4. The first-order chi connectivity index (χ1) is 8.93. The molecular formula is C13H23N3O2S. The summed E-state index contributed by atoms with van der Waals surface area (Å²) in [7, 11) is 1.67. The summed E-state index contributed by atoms with van der Waals surface area (Å²) >= 11 is 1.69.